The molecule has 2 fully saturated rings. The van der Waals surface area contributed by atoms with Gasteiger partial charge in [-0.1, -0.05) is 24.3 Å². The third kappa shape index (κ3) is 2.30. The van der Waals surface area contributed by atoms with E-state index in [2.05, 4.69) is 9.88 Å². The molecule has 1 saturated heterocycles. The first-order valence-corrected chi connectivity index (χ1v) is 9.86. The summed E-state index contributed by atoms with van der Waals surface area (Å²) in [6.45, 7) is 3.73. The lowest BCUT2D eigenvalue weighted by Gasteiger charge is -2.22. The Morgan fingerprint density at radius 3 is 2.71 bits per heavy atom. The normalized spacial score (nSPS) is 23.4. The fourth-order valence-electron chi connectivity index (χ4n) is 4.92. The van der Waals surface area contributed by atoms with E-state index >= 15 is 0 Å². The average molecular weight is 377 g/mol. The maximum atomic E-state index is 13.2. The Kier molecular flexibility index (Phi) is 3.57. The number of amides is 3. The first-order valence-electron chi connectivity index (χ1n) is 9.86. The summed E-state index contributed by atoms with van der Waals surface area (Å²) in [5.74, 6) is -0.501. The fourth-order valence-corrected chi connectivity index (χ4v) is 4.92. The van der Waals surface area contributed by atoms with Crippen molar-refractivity contribution in [2.45, 2.75) is 51.1 Å². The molecule has 1 spiro atoms. The van der Waals surface area contributed by atoms with Crippen LogP contribution in [0.15, 0.2) is 30.3 Å². The van der Waals surface area contributed by atoms with Crippen molar-refractivity contribution in [2.24, 2.45) is 0 Å². The number of hydrogen-bond donors (Lipinski definition) is 1. The highest BCUT2D eigenvalue weighted by Crippen LogP contribution is 2.41. The van der Waals surface area contributed by atoms with Crippen molar-refractivity contribution in [3.63, 3.8) is 0 Å². The van der Waals surface area contributed by atoms with Gasteiger partial charge in [-0.3, -0.25) is 14.5 Å². The van der Waals surface area contributed by atoms with Gasteiger partial charge in [-0.2, -0.15) is 0 Å². The molecular formula is C22H23N3O3. The third-order valence-electron chi connectivity index (χ3n) is 6.42. The Labute approximate surface area is 163 Å². The maximum absolute atomic E-state index is 13.2. The van der Waals surface area contributed by atoms with Crippen molar-refractivity contribution in [1.29, 1.82) is 0 Å². The van der Waals surface area contributed by atoms with Crippen LogP contribution in [-0.2, 0) is 16.8 Å². The highest BCUT2D eigenvalue weighted by atomic mass is 16.2. The Morgan fingerprint density at radius 2 is 1.96 bits per heavy atom. The van der Waals surface area contributed by atoms with Gasteiger partial charge in [-0.15, -0.1) is 0 Å². The van der Waals surface area contributed by atoms with Crippen molar-refractivity contribution in [3.05, 3.63) is 58.4 Å². The van der Waals surface area contributed by atoms with Crippen molar-refractivity contribution in [3.8, 4) is 0 Å². The molecular weight excluding hydrogens is 354 g/mol. The zero-order valence-electron chi connectivity index (χ0n) is 16.1. The van der Waals surface area contributed by atoms with Gasteiger partial charge in [-0.05, 0) is 56.7 Å². The van der Waals surface area contributed by atoms with Crippen LogP contribution >= 0.6 is 0 Å². The van der Waals surface area contributed by atoms with E-state index < -0.39 is 11.6 Å². The number of hydrogen-bond acceptors (Lipinski definition) is 3. The number of nitrogens with one attached hydrogen (secondary N) is 1. The summed E-state index contributed by atoms with van der Waals surface area (Å²) >= 11 is 0. The van der Waals surface area contributed by atoms with E-state index in [1.54, 1.807) is 0 Å². The Hall–Kier alpha value is -2.89. The molecule has 28 heavy (non-hydrogen) atoms. The largest absolute Gasteiger partial charge is 0.345 e. The lowest BCUT2D eigenvalue weighted by atomic mass is 9.92. The first kappa shape index (κ1) is 17.2. The highest BCUT2D eigenvalue weighted by molar-refractivity contribution is 6.12. The zero-order chi connectivity index (χ0) is 19.6. The number of fused-ring (bicyclic) bond motifs is 2. The second-order valence-corrected chi connectivity index (χ2v) is 8.19. The summed E-state index contributed by atoms with van der Waals surface area (Å²) in [7, 11) is 0. The topological polar surface area (TPSA) is 71.4 Å². The highest BCUT2D eigenvalue weighted by Gasteiger charge is 2.55. The monoisotopic (exact) mass is 377 g/mol. The van der Waals surface area contributed by atoms with Crippen LogP contribution in [0.5, 0.6) is 0 Å². The predicted octanol–water partition coefficient (Wildman–Crippen LogP) is 3.02. The quantitative estimate of drug-likeness (QED) is 0.658. The number of rotatable bonds is 4. The van der Waals surface area contributed by atoms with Crippen LogP contribution in [0.2, 0.25) is 0 Å². The SMILES string of the molecule is Cc1cc(C(=O)CN2C(=O)N[C@]3(CCc4ccccc43)C2=O)c(C)n1C1CC1. The molecule has 144 valence electrons. The number of aryl methyl sites for hydroxylation is 2. The van der Waals surface area contributed by atoms with Crippen LogP contribution in [0.4, 0.5) is 4.79 Å². The van der Waals surface area contributed by atoms with Crippen molar-refractivity contribution >= 4 is 17.7 Å². The van der Waals surface area contributed by atoms with Gasteiger partial charge in [-0.25, -0.2) is 4.79 Å². The van der Waals surface area contributed by atoms with Crippen molar-refractivity contribution in [2.75, 3.05) is 6.54 Å². The predicted molar refractivity (Wildman–Crippen MR) is 103 cm³/mol. The van der Waals surface area contributed by atoms with Gasteiger partial charge < -0.3 is 9.88 Å². The van der Waals surface area contributed by atoms with E-state index in [9.17, 15) is 14.4 Å². The van der Waals surface area contributed by atoms with Crippen LogP contribution in [0, 0.1) is 13.8 Å². The number of urea groups is 1. The molecule has 2 aliphatic carbocycles. The van der Waals surface area contributed by atoms with E-state index in [1.165, 1.54) is 0 Å². The van der Waals surface area contributed by atoms with Gasteiger partial charge >= 0.3 is 6.03 Å². The molecule has 1 saturated carbocycles. The van der Waals surface area contributed by atoms with E-state index in [0.29, 0.717) is 18.0 Å². The molecule has 1 N–H and O–H groups in total. The summed E-state index contributed by atoms with van der Waals surface area (Å²) < 4.78 is 2.20. The van der Waals surface area contributed by atoms with E-state index in [-0.39, 0.29) is 18.2 Å². The van der Waals surface area contributed by atoms with Crippen LogP contribution in [-0.4, -0.2) is 33.7 Å². The molecule has 1 aliphatic heterocycles. The second kappa shape index (κ2) is 5.80. The average Bonchev–Trinajstić information content (AvgIpc) is 3.31. The number of benzene rings is 1. The van der Waals surface area contributed by atoms with Gasteiger partial charge in [0.15, 0.2) is 5.78 Å². The lowest BCUT2D eigenvalue weighted by molar-refractivity contribution is -0.131. The zero-order valence-corrected chi connectivity index (χ0v) is 16.1. The molecule has 0 bridgehead atoms. The maximum Gasteiger partial charge on any atom is 0.325 e. The van der Waals surface area contributed by atoms with Crippen LogP contribution < -0.4 is 5.32 Å². The molecule has 0 unspecified atom stereocenters. The fraction of sp³-hybridized carbons (Fsp3) is 0.409. The molecule has 3 aliphatic rings. The molecule has 3 amide bonds. The second-order valence-electron chi connectivity index (χ2n) is 8.19. The Bertz CT molecular complexity index is 1030. The smallest absolute Gasteiger partial charge is 0.325 e. The number of Topliss-reactive ketones (excluding diaryl/α,β-unsaturated/α-hetero) is 1. The Morgan fingerprint density at radius 1 is 1.21 bits per heavy atom. The molecule has 5 rings (SSSR count). The number of imide groups is 1. The van der Waals surface area contributed by atoms with Crippen molar-refractivity contribution in [1.82, 2.24) is 14.8 Å². The summed E-state index contributed by atoms with van der Waals surface area (Å²) in [5.41, 5.74) is 3.52. The molecule has 1 aromatic carbocycles. The van der Waals surface area contributed by atoms with E-state index in [0.717, 1.165) is 46.7 Å². The van der Waals surface area contributed by atoms with E-state index in [1.807, 2.05) is 44.2 Å². The number of aromatic nitrogens is 1. The van der Waals surface area contributed by atoms with Crippen molar-refractivity contribution < 1.29 is 14.4 Å². The Balaban J connectivity index is 1.42. The van der Waals surface area contributed by atoms with Gasteiger partial charge in [0.05, 0.1) is 6.54 Å². The molecule has 2 heterocycles. The summed E-state index contributed by atoms with van der Waals surface area (Å²) in [5, 5.41) is 2.88. The van der Waals surface area contributed by atoms with Gasteiger partial charge in [0.1, 0.15) is 5.54 Å². The standard InChI is InChI=1S/C22H23N3O3/c1-13-11-17(14(2)25(13)16-7-8-16)19(26)12-24-20(27)22(23-21(24)28)10-9-15-5-3-4-6-18(15)22/h3-6,11,16H,7-10,12H2,1-2H3,(H,23,28)/t22-/m0/s1. The van der Waals surface area contributed by atoms with Gasteiger partial charge in [0, 0.05) is 23.0 Å². The summed E-state index contributed by atoms with van der Waals surface area (Å²) in [6, 6.07) is 9.60. The summed E-state index contributed by atoms with van der Waals surface area (Å²) in [4.78, 5) is 39.9. The van der Waals surface area contributed by atoms with Crippen LogP contribution in [0.1, 0.15) is 58.2 Å². The minimum atomic E-state index is -1.02. The molecule has 2 aromatic rings. The van der Waals surface area contributed by atoms with Crippen LogP contribution in [0.3, 0.4) is 0 Å². The molecule has 6 nitrogen and oxygen atoms in total. The minimum absolute atomic E-state index is 0.188. The number of ketones is 1. The van der Waals surface area contributed by atoms with Gasteiger partial charge in [0.25, 0.3) is 5.91 Å². The van der Waals surface area contributed by atoms with Crippen LogP contribution in [0.25, 0.3) is 0 Å². The first-order chi connectivity index (χ1) is 13.4. The summed E-state index contributed by atoms with van der Waals surface area (Å²) in [6.07, 6.45) is 3.56. The lowest BCUT2D eigenvalue weighted by Crippen LogP contribution is -2.42. The number of nitrogens with zero attached hydrogens (tertiary/aromatic N) is 2. The number of carbonyl (C=O) groups excluding carboxylic acids is 3. The molecule has 1 atom stereocenters. The van der Waals surface area contributed by atoms with E-state index in [4.69, 9.17) is 0 Å². The number of carbonyl (C=O) groups is 3. The van der Waals surface area contributed by atoms with Gasteiger partial charge in [0.2, 0.25) is 0 Å². The third-order valence-corrected chi connectivity index (χ3v) is 6.42. The minimum Gasteiger partial charge on any atom is -0.345 e. The molecule has 1 aromatic heterocycles. The molecule has 0 radical (unpaired) electrons. The molecule has 6 heteroatoms.